The van der Waals surface area contributed by atoms with Crippen molar-refractivity contribution in [3.05, 3.63) is 40.7 Å². The summed E-state index contributed by atoms with van der Waals surface area (Å²) in [6.07, 6.45) is 0. The number of aryl methyl sites for hydroxylation is 3. The quantitative estimate of drug-likeness (QED) is 0.914. The minimum absolute atomic E-state index is 0.113. The minimum atomic E-state index is -4.12. The van der Waals surface area contributed by atoms with E-state index in [1.165, 1.54) is 26.8 Å². The van der Waals surface area contributed by atoms with E-state index in [9.17, 15) is 17.2 Å². The standard InChI is InChI=1S/C12H13F2N3O2S/c1-6-4-5-9(13)11(10(6)14)17-20(18,19)12-7(2)15-16-8(12)3/h4-5,17H,1-3H3,(H,15,16). The molecule has 0 aliphatic rings. The van der Waals surface area contributed by atoms with Gasteiger partial charge in [-0.2, -0.15) is 5.10 Å². The smallest absolute Gasteiger partial charge is 0.265 e. The van der Waals surface area contributed by atoms with E-state index in [4.69, 9.17) is 0 Å². The van der Waals surface area contributed by atoms with Crippen LogP contribution in [0.25, 0.3) is 0 Å². The number of H-pyrrole nitrogens is 1. The van der Waals surface area contributed by atoms with Gasteiger partial charge in [0.25, 0.3) is 10.0 Å². The molecule has 0 radical (unpaired) electrons. The average Bonchev–Trinajstić information content (AvgIpc) is 2.70. The first kappa shape index (κ1) is 14.4. The van der Waals surface area contributed by atoms with E-state index in [2.05, 4.69) is 10.2 Å². The first-order chi connectivity index (χ1) is 9.24. The van der Waals surface area contributed by atoms with Crippen LogP contribution >= 0.6 is 0 Å². The SMILES string of the molecule is Cc1ccc(F)c(NS(=O)(=O)c2c(C)n[nH]c2C)c1F. The van der Waals surface area contributed by atoms with Crippen LogP contribution < -0.4 is 4.72 Å². The summed E-state index contributed by atoms with van der Waals surface area (Å²) in [5.41, 5.74) is -0.0262. The van der Waals surface area contributed by atoms with Gasteiger partial charge in [0, 0.05) is 0 Å². The summed E-state index contributed by atoms with van der Waals surface area (Å²) in [4.78, 5) is -0.113. The van der Waals surface area contributed by atoms with Gasteiger partial charge >= 0.3 is 0 Å². The minimum Gasteiger partial charge on any atom is -0.281 e. The Balaban J connectivity index is 2.53. The number of aromatic nitrogens is 2. The van der Waals surface area contributed by atoms with Gasteiger partial charge in [-0.1, -0.05) is 6.07 Å². The van der Waals surface area contributed by atoms with Crippen molar-refractivity contribution < 1.29 is 17.2 Å². The molecule has 2 N–H and O–H groups in total. The van der Waals surface area contributed by atoms with Crippen molar-refractivity contribution in [1.82, 2.24) is 10.2 Å². The summed E-state index contributed by atoms with van der Waals surface area (Å²) in [7, 11) is -4.12. The fourth-order valence-corrected chi connectivity index (χ4v) is 3.31. The molecule has 0 aliphatic heterocycles. The van der Waals surface area contributed by atoms with E-state index in [0.717, 1.165) is 6.07 Å². The van der Waals surface area contributed by atoms with Crippen LogP contribution in [0.5, 0.6) is 0 Å². The summed E-state index contributed by atoms with van der Waals surface area (Å²) in [5.74, 6) is -1.91. The molecule has 0 atom stereocenters. The van der Waals surface area contributed by atoms with E-state index < -0.39 is 27.3 Å². The van der Waals surface area contributed by atoms with E-state index >= 15 is 0 Å². The molecule has 0 saturated heterocycles. The molecule has 0 fully saturated rings. The van der Waals surface area contributed by atoms with E-state index in [-0.39, 0.29) is 16.2 Å². The summed E-state index contributed by atoms with van der Waals surface area (Å²) >= 11 is 0. The van der Waals surface area contributed by atoms with Gasteiger partial charge < -0.3 is 0 Å². The monoisotopic (exact) mass is 301 g/mol. The van der Waals surface area contributed by atoms with Gasteiger partial charge in [-0.15, -0.1) is 0 Å². The molecule has 0 aliphatic carbocycles. The topological polar surface area (TPSA) is 74.8 Å². The van der Waals surface area contributed by atoms with Crippen molar-refractivity contribution in [3.63, 3.8) is 0 Å². The highest BCUT2D eigenvalue weighted by molar-refractivity contribution is 7.92. The summed E-state index contributed by atoms with van der Waals surface area (Å²) < 4.78 is 53.8. The van der Waals surface area contributed by atoms with Gasteiger partial charge in [-0.3, -0.25) is 9.82 Å². The molecule has 2 rings (SSSR count). The van der Waals surface area contributed by atoms with E-state index in [1.807, 2.05) is 4.72 Å². The second-order valence-electron chi connectivity index (χ2n) is 4.42. The molecule has 0 bridgehead atoms. The van der Waals surface area contributed by atoms with Gasteiger partial charge in [-0.05, 0) is 32.4 Å². The number of halogens is 2. The van der Waals surface area contributed by atoms with Crippen molar-refractivity contribution in [2.45, 2.75) is 25.7 Å². The largest absolute Gasteiger partial charge is 0.281 e. The fourth-order valence-electron chi connectivity index (χ4n) is 1.87. The molecule has 20 heavy (non-hydrogen) atoms. The zero-order chi connectivity index (χ0) is 15.1. The molecule has 1 aromatic carbocycles. The van der Waals surface area contributed by atoms with Crippen molar-refractivity contribution in [2.24, 2.45) is 0 Å². The van der Waals surface area contributed by atoms with Gasteiger partial charge in [0.05, 0.1) is 11.4 Å². The predicted molar refractivity (Wildman–Crippen MR) is 70.0 cm³/mol. The van der Waals surface area contributed by atoms with Gasteiger partial charge in [0.1, 0.15) is 16.4 Å². The van der Waals surface area contributed by atoms with E-state index in [0.29, 0.717) is 5.69 Å². The Morgan fingerprint density at radius 2 is 1.85 bits per heavy atom. The third-order valence-corrected chi connectivity index (χ3v) is 4.46. The first-order valence-corrected chi connectivity index (χ1v) is 7.21. The van der Waals surface area contributed by atoms with Crippen molar-refractivity contribution >= 4 is 15.7 Å². The van der Waals surface area contributed by atoms with Gasteiger partial charge in [-0.25, -0.2) is 17.2 Å². The highest BCUT2D eigenvalue weighted by Gasteiger charge is 2.25. The number of nitrogens with zero attached hydrogens (tertiary/aromatic N) is 1. The summed E-state index contributed by atoms with van der Waals surface area (Å²) in [6.45, 7) is 4.42. The lowest BCUT2D eigenvalue weighted by Crippen LogP contribution is -2.17. The van der Waals surface area contributed by atoms with Crippen molar-refractivity contribution in [2.75, 3.05) is 4.72 Å². The molecule has 2 aromatic rings. The second-order valence-corrected chi connectivity index (χ2v) is 6.04. The van der Waals surface area contributed by atoms with Crippen LogP contribution in [0.3, 0.4) is 0 Å². The highest BCUT2D eigenvalue weighted by atomic mass is 32.2. The molecule has 0 unspecified atom stereocenters. The summed E-state index contributed by atoms with van der Waals surface area (Å²) in [6, 6.07) is 2.24. The molecule has 8 heteroatoms. The number of hydrogen-bond donors (Lipinski definition) is 2. The Labute approximate surface area is 115 Å². The average molecular weight is 301 g/mol. The number of anilines is 1. The van der Waals surface area contributed by atoms with Crippen LogP contribution in [0.15, 0.2) is 17.0 Å². The maximum Gasteiger partial charge on any atom is 0.265 e. The normalized spacial score (nSPS) is 11.7. The second kappa shape index (κ2) is 4.86. The number of benzene rings is 1. The van der Waals surface area contributed by atoms with Gasteiger partial charge in [0.15, 0.2) is 5.82 Å². The van der Waals surface area contributed by atoms with Crippen LogP contribution in [0, 0.1) is 32.4 Å². The zero-order valence-electron chi connectivity index (χ0n) is 11.1. The number of nitrogens with one attached hydrogen (secondary N) is 2. The number of rotatable bonds is 3. The molecular weight excluding hydrogens is 288 g/mol. The molecule has 0 saturated carbocycles. The maximum absolute atomic E-state index is 13.8. The van der Waals surface area contributed by atoms with Crippen LogP contribution in [-0.2, 0) is 10.0 Å². The molecule has 0 amide bonds. The fraction of sp³-hybridized carbons (Fsp3) is 0.250. The Bertz CT molecular complexity index is 750. The lowest BCUT2D eigenvalue weighted by Gasteiger charge is -2.11. The Hall–Kier alpha value is -1.96. The lowest BCUT2D eigenvalue weighted by molar-refractivity contribution is 0.578. The molecule has 1 heterocycles. The third-order valence-electron chi connectivity index (χ3n) is 2.85. The summed E-state index contributed by atoms with van der Waals surface area (Å²) in [5, 5.41) is 6.27. The van der Waals surface area contributed by atoms with E-state index in [1.54, 1.807) is 0 Å². The predicted octanol–water partition coefficient (Wildman–Crippen LogP) is 2.41. The van der Waals surface area contributed by atoms with Gasteiger partial charge in [0.2, 0.25) is 0 Å². The van der Waals surface area contributed by atoms with Crippen LogP contribution in [-0.4, -0.2) is 18.6 Å². The number of sulfonamides is 1. The Kier molecular flexibility index (Phi) is 3.51. The molecular formula is C12H13F2N3O2S. The van der Waals surface area contributed by atoms with Crippen LogP contribution in [0.4, 0.5) is 14.5 Å². The maximum atomic E-state index is 13.8. The lowest BCUT2D eigenvalue weighted by atomic mass is 10.2. The Morgan fingerprint density at radius 1 is 1.20 bits per heavy atom. The first-order valence-electron chi connectivity index (χ1n) is 5.73. The van der Waals surface area contributed by atoms with Crippen LogP contribution in [0.1, 0.15) is 17.0 Å². The van der Waals surface area contributed by atoms with Crippen LogP contribution in [0.2, 0.25) is 0 Å². The molecule has 0 spiro atoms. The third kappa shape index (κ3) is 2.38. The molecule has 108 valence electrons. The number of aromatic amines is 1. The van der Waals surface area contributed by atoms with Crippen molar-refractivity contribution in [1.29, 1.82) is 0 Å². The Morgan fingerprint density at radius 3 is 2.40 bits per heavy atom. The van der Waals surface area contributed by atoms with Crippen molar-refractivity contribution in [3.8, 4) is 0 Å². The molecule has 5 nitrogen and oxygen atoms in total. The molecule has 1 aromatic heterocycles. The highest BCUT2D eigenvalue weighted by Crippen LogP contribution is 2.26. The zero-order valence-corrected chi connectivity index (χ0v) is 11.9. The number of hydrogen-bond acceptors (Lipinski definition) is 3.